The number of halogens is 1. The van der Waals surface area contributed by atoms with Crippen LogP contribution in [-0.2, 0) is 10.0 Å². The van der Waals surface area contributed by atoms with Gasteiger partial charge in [-0.15, -0.1) is 0 Å². The summed E-state index contributed by atoms with van der Waals surface area (Å²) < 4.78 is 25.3. The average Bonchev–Trinajstić information content (AvgIpc) is 2.89. The van der Waals surface area contributed by atoms with Crippen LogP contribution < -0.4 is 16.2 Å². The van der Waals surface area contributed by atoms with Crippen LogP contribution in [0.1, 0.15) is 18.9 Å². The number of nitrogen functional groups attached to an aromatic ring is 1. The first kappa shape index (κ1) is 17.3. The van der Waals surface area contributed by atoms with Crippen molar-refractivity contribution in [3.8, 4) is 0 Å². The molecule has 1 aromatic carbocycles. The quantitative estimate of drug-likeness (QED) is 0.627. The van der Waals surface area contributed by atoms with Crippen LogP contribution in [0, 0.1) is 6.92 Å². The van der Waals surface area contributed by atoms with Gasteiger partial charge in [0.1, 0.15) is 0 Å². The third-order valence-corrected chi connectivity index (χ3v) is 5.78. The molecule has 0 radical (unpaired) electrons. The van der Waals surface area contributed by atoms with Crippen molar-refractivity contribution in [2.45, 2.75) is 26.3 Å². The summed E-state index contributed by atoms with van der Waals surface area (Å²) in [6.07, 6.45) is 2.07. The zero-order valence-corrected chi connectivity index (χ0v) is 14.7. The average molecular weight is 347 g/mol. The zero-order valence-electron chi connectivity index (χ0n) is 13.1. The molecule has 1 atom stereocenters. The number of hydrazine groups is 1. The standard InChI is InChI=1S/C14H23ClN4O2S/c1-4-19(22(3,20)21)12-5-6-18(9-12)14-8-11(15)7-13(17-16)10(14)2/h7-8,12,17H,4-6,9,16H2,1-3H3. The third kappa shape index (κ3) is 3.48. The Morgan fingerprint density at radius 3 is 2.73 bits per heavy atom. The second-order valence-electron chi connectivity index (χ2n) is 5.60. The summed E-state index contributed by atoms with van der Waals surface area (Å²) >= 11 is 6.15. The van der Waals surface area contributed by atoms with E-state index in [0.717, 1.165) is 29.9 Å². The van der Waals surface area contributed by atoms with Gasteiger partial charge in [-0.2, -0.15) is 4.31 Å². The first-order valence-electron chi connectivity index (χ1n) is 7.26. The maximum Gasteiger partial charge on any atom is 0.211 e. The Morgan fingerprint density at radius 2 is 2.18 bits per heavy atom. The molecule has 8 heteroatoms. The molecule has 1 heterocycles. The van der Waals surface area contributed by atoms with E-state index in [2.05, 4.69) is 10.3 Å². The van der Waals surface area contributed by atoms with Crippen LogP contribution >= 0.6 is 11.6 Å². The molecule has 1 aromatic rings. The van der Waals surface area contributed by atoms with Gasteiger partial charge in [-0.25, -0.2) is 8.42 Å². The molecule has 0 saturated carbocycles. The summed E-state index contributed by atoms with van der Waals surface area (Å²) in [7, 11) is -3.19. The molecule has 0 spiro atoms. The maximum absolute atomic E-state index is 11.9. The predicted octanol–water partition coefficient (Wildman–Crippen LogP) is 1.79. The Labute approximate surface area is 137 Å². The van der Waals surface area contributed by atoms with Gasteiger partial charge in [0.05, 0.1) is 11.9 Å². The molecule has 0 aliphatic carbocycles. The van der Waals surface area contributed by atoms with E-state index >= 15 is 0 Å². The van der Waals surface area contributed by atoms with Crippen LogP contribution in [-0.4, -0.2) is 44.7 Å². The predicted molar refractivity (Wildman–Crippen MR) is 91.8 cm³/mol. The van der Waals surface area contributed by atoms with Crippen LogP contribution in [0.25, 0.3) is 0 Å². The van der Waals surface area contributed by atoms with Crippen LogP contribution in [0.5, 0.6) is 0 Å². The van der Waals surface area contributed by atoms with E-state index in [1.807, 2.05) is 19.9 Å². The first-order chi connectivity index (χ1) is 10.3. The van der Waals surface area contributed by atoms with Gasteiger partial charge >= 0.3 is 0 Å². The Kier molecular flexibility index (Phi) is 5.21. The Hall–Kier alpha value is -1.02. The smallest absolute Gasteiger partial charge is 0.211 e. The number of sulfonamides is 1. The topological polar surface area (TPSA) is 78.7 Å². The molecule has 1 fully saturated rings. The van der Waals surface area contributed by atoms with Crippen molar-refractivity contribution >= 4 is 33.0 Å². The molecule has 124 valence electrons. The van der Waals surface area contributed by atoms with Gasteiger partial charge in [0.15, 0.2) is 0 Å². The second-order valence-corrected chi connectivity index (χ2v) is 7.97. The third-order valence-electron chi connectivity index (χ3n) is 4.15. The summed E-state index contributed by atoms with van der Waals surface area (Å²) in [5.74, 6) is 5.53. The fourth-order valence-electron chi connectivity index (χ4n) is 3.10. The maximum atomic E-state index is 11.9. The molecular formula is C14H23ClN4O2S. The minimum absolute atomic E-state index is 0.00679. The summed E-state index contributed by atoms with van der Waals surface area (Å²) in [6, 6.07) is 3.67. The molecule has 2 rings (SSSR count). The lowest BCUT2D eigenvalue weighted by Crippen LogP contribution is -2.41. The number of anilines is 2. The van der Waals surface area contributed by atoms with Crippen molar-refractivity contribution in [1.29, 1.82) is 0 Å². The number of likely N-dealkylation sites (N-methyl/N-ethyl adjacent to an activating group) is 1. The van der Waals surface area contributed by atoms with Gasteiger partial charge in [-0.1, -0.05) is 18.5 Å². The number of nitrogens with one attached hydrogen (secondary N) is 1. The van der Waals surface area contributed by atoms with Gasteiger partial charge < -0.3 is 10.3 Å². The van der Waals surface area contributed by atoms with Crippen LogP contribution in [0.4, 0.5) is 11.4 Å². The summed E-state index contributed by atoms with van der Waals surface area (Å²) in [4.78, 5) is 2.17. The molecule has 1 saturated heterocycles. The fourth-order valence-corrected chi connectivity index (χ4v) is 4.50. The highest BCUT2D eigenvalue weighted by atomic mass is 35.5. The number of nitrogens with zero attached hydrogens (tertiary/aromatic N) is 2. The SMILES string of the molecule is CCN(C1CCN(c2cc(Cl)cc(NN)c2C)C1)S(C)(=O)=O. The fraction of sp³-hybridized carbons (Fsp3) is 0.571. The first-order valence-corrected chi connectivity index (χ1v) is 9.49. The van der Waals surface area contributed by atoms with Crippen molar-refractivity contribution in [2.24, 2.45) is 5.84 Å². The number of benzene rings is 1. The summed E-state index contributed by atoms with van der Waals surface area (Å²) in [6.45, 7) is 5.78. The monoisotopic (exact) mass is 346 g/mol. The van der Waals surface area contributed by atoms with Crippen molar-refractivity contribution in [1.82, 2.24) is 4.31 Å². The molecule has 3 N–H and O–H groups in total. The number of nitrogens with two attached hydrogens (primary N) is 1. The number of hydrogen-bond donors (Lipinski definition) is 2. The van der Waals surface area contributed by atoms with Crippen molar-refractivity contribution in [2.75, 3.05) is 36.2 Å². The van der Waals surface area contributed by atoms with E-state index in [1.54, 1.807) is 10.4 Å². The summed E-state index contributed by atoms with van der Waals surface area (Å²) in [5, 5.41) is 0.604. The number of hydrogen-bond acceptors (Lipinski definition) is 5. The van der Waals surface area contributed by atoms with Crippen molar-refractivity contribution in [3.05, 3.63) is 22.7 Å². The molecule has 6 nitrogen and oxygen atoms in total. The molecular weight excluding hydrogens is 324 g/mol. The van der Waals surface area contributed by atoms with Crippen LogP contribution in [0.3, 0.4) is 0 Å². The van der Waals surface area contributed by atoms with E-state index < -0.39 is 10.0 Å². The van der Waals surface area contributed by atoms with Crippen molar-refractivity contribution in [3.63, 3.8) is 0 Å². The molecule has 0 aromatic heterocycles. The lowest BCUT2D eigenvalue weighted by atomic mass is 10.1. The molecule has 22 heavy (non-hydrogen) atoms. The van der Waals surface area contributed by atoms with Crippen LogP contribution in [0.15, 0.2) is 12.1 Å². The molecule has 1 aliphatic rings. The van der Waals surface area contributed by atoms with E-state index in [1.165, 1.54) is 6.26 Å². The van der Waals surface area contributed by atoms with Crippen LogP contribution in [0.2, 0.25) is 5.02 Å². The minimum Gasteiger partial charge on any atom is -0.370 e. The van der Waals surface area contributed by atoms with Gasteiger partial charge in [-0.05, 0) is 31.0 Å². The second kappa shape index (κ2) is 6.62. The van der Waals surface area contributed by atoms with Gasteiger partial charge in [0.25, 0.3) is 0 Å². The Bertz CT molecular complexity index is 650. The Morgan fingerprint density at radius 1 is 1.50 bits per heavy atom. The minimum atomic E-state index is -3.19. The van der Waals surface area contributed by atoms with Gasteiger partial charge in [0, 0.05) is 36.4 Å². The lowest BCUT2D eigenvalue weighted by molar-refractivity contribution is 0.353. The zero-order chi connectivity index (χ0) is 16.5. The highest BCUT2D eigenvalue weighted by molar-refractivity contribution is 7.88. The molecule has 0 bridgehead atoms. The van der Waals surface area contributed by atoms with E-state index in [-0.39, 0.29) is 6.04 Å². The lowest BCUT2D eigenvalue weighted by Gasteiger charge is -2.27. The van der Waals surface area contributed by atoms with Gasteiger partial charge in [0.2, 0.25) is 10.0 Å². The summed E-state index contributed by atoms with van der Waals surface area (Å²) in [5.41, 5.74) is 5.43. The largest absolute Gasteiger partial charge is 0.370 e. The van der Waals surface area contributed by atoms with Crippen molar-refractivity contribution < 1.29 is 8.42 Å². The molecule has 1 aliphatic heterocycles. The Balaban J connectivity index is 2.26. The van der Waals surface area contributed by atoms with E-state index in [0.29, 0.717) is 18.1 Å². The van der Waals surface area contributed by atoms with E-state index in [4.69, 9.17) is 17.4 Å². The van der Waals surface area contributed by atoms with Gasteiger partial charge in [-0.3, -0.25) is 5.84 Å². The highest BCUT2D eigenvalue weighted by Crippen LogP contribution is 2.33. The molecule has 0 amide bonds. The highest BCUT2D eigenvalue weighted by Gasteiger charge is 2.32. The normalized spacial score (nSPS) is 19.0. The van der Waals surface area contributed by atoms with E-state index in [9.17, 15) is 8.42 Å². The number of rotatable bonds is 5. The molecule has 1 unspecified atom stereocenters.